The fraction of sp³-hybridized carbons (Fsp3) is 0.389. The van der Waals surface area contributed by atoms with Gasteiger partial charge < -0.3 is 21.3 Å². The predicted molar refractivity (Wildman–Crippen MR) is 103 cm³/mol. The Morgan fingerprint density at radius 2 is 1.92 bits per heavy atom. The minimum Gasteiger partial charge on any atom is -0.389 e. The Balaban J connectivity index is 1.41. The van der Waals surface area contributed by atoms with Gasteiger partial charge in [-0.3, -0.25) is 4.99 Å². The van der Waals surface area contributed by atoms with Crippen LogP contribution in [-0.4, -0.2) is 56.4 Å². The van der Waals surface area contributed by atoms with E-state index in [1.54, 1.807) is 18.0 Å². The number of aliphatic imine (C=N–C) groups is 1. The summed E-state index contributed by atoms with van der Waals surface area (Å²) >= 11 is 1.73. The third-order valence-electron chi connectivity index (χ3n) is 4.89. The fourth-order valence-corrected chi connectivity index (χ4v) is 4.60. The first-order chi connectivity index (χ1) is 12.6. The van der Waals surface area contributed by atoms with Gasteiger partial charge >= 0.3 is 0 Å². The number of aliphatic hydroxyl groups excluding tert-OH is 2. The predicted octanol–water partition coefficient (Wildman–Crippen LogP) is 0.854. The number of hydrogen-bond donors (Lipinski definition) is 4. The molecule has 26 heavy (non-hydrogen) atoms. The summed E-state index contributed by atoms with van der Waals surface area (Å²) in [7, 11) is 0. The number of aromatic nitrogens is 2. The van der Waals surface area contributed by atoms with E-state index in [9.17, 15) is 10.2 Å². The number of thioether (sulfide) groups is 1. The maximum absolute atomic E-state index is 10.5. The van der Waals surface area contributed by atoms with Crippen molar-refractivity contribution in [2.75, 3.05) is 11.5 Å². The molecule has 1 aromatic carbocycles. The summed E-state index contributed by atoms with van der Waals surface area (Å²) in [6, 6.07) is 9.64. The van der Waals surface area contributed by atoms with Crippen LogP contribution in [0.1, 0.15) is 17.2 Å². The molecule has 2 aromatic rings. The van der Waals surface area contributed by atoms with Crippen LogP contribution in [0.2, 0.25) is 0 Å². The molecule has 136 valence electrons. The lowest BCUT2D eigenvalue weighted by atomic mass is 9.94. The molecule has 5 N–H and O–H groups in total. The quantitative estimate of drug-likeness (QED) is 0.616. The van der Waals surface area contributed by atoms with Gasteiger partial charge in [0.15, 0.2) is 5.82 Å². The molecule has 0 saturated carbocycles. The summed E-state index contributed by atoms with van der Waals surface area (Å²) in [5.74, 6) is 1.66. The number of nitrogens with one attached hydrogen (secondary N) is 1. The van der Waals surface area contributed by atoms with Crippen molar-refractivity contribution in [3.63, 3.8) is 0 Å². The Morgan fingerprint density at radius 3 is 2.73 bits per heavy atom. The number of aliphatic hydroxyl groups is 2. The van der Waals surface area contributed by atoms with E-state index >= 15 is 0 Å². The maximum atomic E-state index is 10.5. The molecule has 2 aliphatic heterocycles. The molecule has 3 heterocycles. The second-order valence-corrected chi connectivity index (χ2v) is 7.61. The van der Waals surface area contributed by atoms with Crippen LogP contribution in [0.25, 0.3) is 0 Å². The van der Waals surface area contributed by atoms with Gasteiger partial charge in [0.25, 0.3) is 0 Å². The minimum atomic E-state index is -0.893. The highest BCUT2D eigenvalue weighted by molar-refractivity contribution is 7.98. The van der Waals surface area contributed by atoms with E-state index in [1.165, 1.54) is 11.9 Å². The number of nitrogens with two attached hydrogens (primary N) is 1. The molecular formula is C18H21N5O2S. The molecule has 0 spiro atoms. The summed E-state index contributed by atoms with van der Waals surface area (Å²) in [6.07, 6.45) is 1.40. The second kappa shape index (κ2) is 7.32. The minimum absolute atomic E-state index is 0.194. The van der Waals surface area contributed by atoms with Gasteiger partial charge in [-0.15, -0.1) is 0 Å². The van der Waals surface area contributed by atoms with Gasteiger partial charge in [-0.25, -0.2) is 9.97 Å². The zero-order chi connectivity index (χ0) is 18.1. The van der Waals surface area contributed by atoms with Crippen molar-refractivity contribution in [1.29, 1.82) is 0 Å². The molecule has 0 bridgehead atoms. The van der Waals surface area contributed by atoms with Crippen LogP contribution in [0.15, 0.2) is 41.7 Å². The molecule has 0 amide bonds. The number of fused-ring (bicyclic) bond motifs is 1. The SMILES string of the molecule is Nc1ncnc2c1N=CC2[C@H]1N[C@@H](CSCc2ccccc2)[C@H](O)[C@@H]1O. The van der Waals surface area contributed by atoms with Gasteiger partial charge in [-0.05, 0) is 5.56 Å². The average molecular weight is 371 g/mol. The highest BCUT2D eigenvalue weighted by Gasteiger charge is 2.46. The molecule has 1 aromatic heterocycles. The zero-order valence-electron chi connectivity index (χ0n) is 14.1. The number of nitrogens with zero attached hydrogens (tertiary/aromatic N) is 3. The Hall–Kier alpha value is -2.00. The lowest BCUT2D eigenvalue weighted by Crippen LogP contribution is -2.39. The number of nitrogen functional groups attached to an aromatic ring is 1. The van der Waals surface area contributed by atoms with E-state index in [2.05, 4.69) is 32.4 Å². The monoisotopic (exact) mass is 371 g/mol. The Kier molecular flexibility index (Phi) is 4.90. The van der Waals surface area contributed by atoms with Crippen molar-refractivity contribution >= 4 is 29.5 Å². The summed E-state index contributed by atoms with van der Waals surface area (Å²) in [5.41, 5.74) is 8.34. The standard InChI is InChI=1S/C18H21N5O2S/c19-18-15-13(21-9-22-18)11(6-20-15)14-17(25)16(24)12(23-14)8-26-7-10-4-2-1-3-5-10/h1-6,9,11-12,14,16-17,23-25H,7-8H2,(H2,19,21,22)/t11?,12-,14+,16-,17+/m0/s1. The first kappa shape index (κ1) is 17.4. The van der Waals surface area contributed by atoms with Gasteiger partial charge in [0, 0.05) is 29.8 Å². The molecule has 0 aliphatic carbocycles. The van der Waals surface area contributed by atoms with Crippen molar-refractivity contribution in [3.8, 4) is 0 Å². The van der Waals surface area contributed by atoms with Crippen molar-refractivity contribution < 1.29 is 10.2 Å². The largest absolute Gasteiger partial charge is 0.389 e. The third-order valence-corrected chi connectivity index (χ3v) is 6.02. The van der Waals surface area contributed by atoms with Crippen LogP contribution < -0.4 is 11.1 Å². The molecule has 2 aliphatic rings. The van der Waals surface area contributed by atoms with Gasteiger partial charge in [0.2, 0.25) is 0 Å². The molecule has 1 fully saturated rings. The van der Waals surface area contributed by atoms with Crippen LogP contribution in [-0.2, 0) is 5.75 Å². The summed E-state index contributed by atoms with van der Waals surface area (Å²) in [6.45, 7) is 0. The maximum Gasteiger partial charge on any atom is 0.153 e. The first-order valence-corrected chi connectivity index (χ1v) is 9.69. The van der Waals surface area contributed by atoms with Crippen LogP contribution in [0, 0.1) is 0 Å². The summed E-state index contributed by atoms with van der Waals surface area (Å²) in [5, 5.41) is 24.4. The topological polar surface area (TPSA) is 117 Å². The van der Waals surface area contributed by atoms with Crippen LogP contribution >= 0.6 is 11.8 Å². The van der Waals surface area contributed by atoms with Crippen LogP contribution in [0.4, 0.5) is 11.5 Å². The molecule has 8 heteroatoms. The smallest absolute Gasteiger partial charge is 0.153 e. The van der Waals surface area contributed by atoms with E-state index in [-0.39, 0.29) is 18.0 Å². The fourth-order valence-electron chi connectivity index (χ4n) is 3.51. The van der Waals surface area contributed by atoms with E-state index < -0.39 is 12.2 Å². The van der Waals surface area contributed by atoms with E-state index in [1.807, 2.05) is 18.2 Å². The lowest BCUT2D eigenvalue weighted by molar-refractivity contribution is 0.0299. The molecule has 4 rings (SSSR count). The van der Waals surface area contributed by atoms with Crippen LogP contribution in [0.3, 0.4) is 0 Å². The van der Waals surface area contributed by atoms with E-state index in [0.29, 0.717) is 23.0 Å². The van der Waals surface area contributed by atoms with Crippen molar-refractivity contribution in [2.24, 2.45) is 4.99 Å². The Labute approximate surface area is 155 Å². The summed E-state index contributed by atoms with van der Waals surface area (Å²) in [4.78, 5) is 12.5. The van der Waals surface area contributed by atoms with E-state index in [4.69, 9.17) is 5.73 Å². The van der Waals surface area contributed by atoms with Gasteiger partial charge in [0.05, 0.1) is 23.8 Å². The highest BCUT2D eigenvalue weighted by atomic mass is 32.2. The number of anilines is 1. The van der Waals surface area contributed by atoms with Crippen molar-refractivity contribution in [1.82, 2.24) is 15.3 Å². The average Bonchev–Trinajstić information content (AvgIpc) is 3.20. The molecule has 7 nitrogen and oxygen atoms in total. The first-order valence-electron chi connectivity index (χ1n) is 8.53. The number of benzene rings is 1. The third kappa shape index (κ3) is 3.21. The van der Waals surface area contributed by atoms with Gasteiger partial charge in [0.1, 0.15) is 12.0 Å². The molecule has 1 saturated heterocycles. The summed E-state index contributed by atoms with van der Waals surface area (Å²) < 4.78 is 0. The van der Waals surface area contributed by atoms with E-state index in [0.717, 1.165) is 5.75 Å². The normalized spacial score (nSPS) is 29.8. The highest BCUT2D eigenvalue weighted by Crippen LogP contribution is 2.38. The lowest BCUT2D eigenvalue weighted by Gasteiger charge is -2.21. The number of rotatable bonds is 5. The zero-order valence-corrected chi connectivity index (χ0v) is 14.9. The van der Waals surface area contributed by atoms with Crippen molar-refractivity contribution in [2.45, 2.75) is 36.0 Å². The number of hydrogen-bond acceptors (Lipinski definition) is 8. The Morgan fingerprint density at radius 1 is 1.12 bits per heavy atom. The second-order valence-electron chi connectivity index (χ2n) is 6.58. The molecule has 0 radical (unpaired) electrons. The van der Waals surface area contributed by atoms with Crippen molar-refractivity contribution in [3.05, 3.63) is 47.9 Å². The van der Waals surface area contributed by atoms with Gasteiger partial charge in [-0.2, -0.15) is 11.8 Å². The molecule has 5 atom stereocenters. The molecular weight excluding hydrogens is 350 g/mol. The van der Waals surface area contributed by atoms with Crippen LogP contribution in [0.5, 0.6) is 0 Å². The Bertz CT molecular complexity index is 803. The molecule has 1 unspecified atom stereocenters. The van der Waals surface area contributed by atoms with Gasteiger partial charge in [-0.1, -0.05) is 30.3 Å².